The average molecular weight is 300 g/mol. The molecule has 22 heavy (non-hydrogen) atoms. The number of cyclic esters (lactones) is 1. The Bertz CT molecular complexity index is 591. The summed E-state index contributed by atoms with van der Waals surface area (Å²) in [4.78, 5) is 27.7. The first-order valence-corrected chi connectivity index (χ1v) is 7.98. The molecule has 2 heterocycles. The Balaban J connectivity index is 1.35. The molecule has 1 aromatic carbocycles. The fraction of sp³-hybridized carbons (Fsp3) is 0.529. The third-order valence-corrected chi connectivity index (χ3v) is 5.07. The number of hydrogen-bond donors (Lipinski definition) is 0. The monoisotopic (exact) mass is 300 g/mol. The van der Waals surface area contributed by atoms with E-state index in [0.717, 1.165) is 12.8 Å². The Morgan fingerprint density at radius 1 is 1.18 bits per heavy atom. The number of benzene rings is 1. The molecule has 3 aliphatic rings. The van der Waals surface area contributed by atoms with Crippen molar-refractivity contribution in [3.8, 4) is 0 Å². The number of amides is 2. The molecule has 0 N–H and O–H groups in total. The zero-order valence-electron chi connectivity index (χ0n) is 12.5. The van der Waals surface area contributed by atoms with Crippen molar-refractivity contribution in [3.63, 3.8) is 0 Å². The standard InChI is InChI=1S/C17H20N2O3/c20-16(9-12-7-13-3-1-2-4-14(13)8-12)18-5-6-19-15(10-18)11-22-17(19)21/h1-4,12,15H,5-11H2/t15-/m0/s1. The average Bonchev–Trinajstić information content (AvgIpc) is 3.10. The van der Waals surface area contributed by atoms with E-state index in [2.05, 4.69) is 24.3 Å². The molecule has 1 aromatic rings. The molecule has 5 nitrogen and oxygen atoms in total. The zero-order valence-corrected chi connectivity index (χ0v) is 12.5. The number of rotatable bonds is 2. The van der Waals surface area contributed by atoms with Gasteiger partial charge in [0.05, 0.1) is 6.04 Å². The van der Waals surface area contributed by atoms with Gasteiger partial charge in [-0.15, -0.1) is 0 Å². The Labute approximate surface area is 129 Å². The molecule has 0 unspecified atom stereocenters. The third-order valence-electron chi connectivity index (χ3n) is 5.07. The van der Waals surface area contributed by atoms with Crippen molar-refractivity contribution in [1.82, 2.24) is 9.80 Å². The highest BCUT2D eigenvalue weighted by molar-refractivity contribution is 5.77. The van der Waals surface area contributed by atoms with Gasteiger partial charge in [0.1, 0.15) is 6.61 Å². The molecule has 2 saturated heterocycles. The van der Waals surface area contributed by atoms with Crippen LogP contribution in [0, 0.1) is 5.92 Å². The Hall–Kier alpha value is -2.04. The van der Waals surface area contributed by atoms with E-state index in [1.54, 1.807) is 4.90 Å². The van der Waals surface area contributed by atoms with Gasteiger partial charge in [0.15, 0.2) is 0 Å². The van der Waals surface area contributed by atoms with Crippen molar-refractivity contribution >= 4 is 12.0 Å². The molecule has 0 radical (unpaired) electrons. The molecule has 0 bridgehead atoms. The number of hydrogen-bond acceptors (Lipinski definition) is 3. The van der Waals surface area contributed by atoms with Crippen LogP contribution in [0.15, 0.2) is 24.3 Å². The summed E-state index contributed by atoms with van der Waals surface area (Å²) in [6.45, 7) is 2.26. The van der Waals surface area contributed by atoms with Crippen LogP contribution in [0.1, 0.15) is 17.5 Å². The molecule has 2 amide bonds. The summed E-state index contributed by atoms with van der Waals surface area (Å²) in [5.41, 5.74) is 2.78. The number of nitrogens with zero attached hydrogens (tertiary/aromatic N) is 2. The molecule has 1 aliphatic carbocycles. The highest BCUT2D eigenvalue weighted by Crippen LogP contribution is 2.29. The van der Waals surface area contributed by atoms with Crippen molar-refractivity contribution in [3.05, 3.63) is 35.4 Å². The van der Waals surface area contributed by atoms with Gasteiger partial charge in [0, 0.05) is 26.1 Å². The van der Waals surface area contributed by atoms with Crippen LogP contribution in [0.5, 0.6) is 0 Å². The SMILES string of the molecule is O=C(CC1Cc2ccccc2C1)N1CCN2C(=O)OC[C@@H]2C1. The number of ether oxygens (including phenoxy) is 1. The fourth-order valence-corrected chi connectivity index (χ4v) is 3.89. The van der Waals surface area contributed by atoms with E-state index in [4.69, 9.17) is 4.74 Å². The fourth-order valence-electron chi connectivity index (χ4n) is 3.89. The zero-order chi connectivity index (χ0) is 15.1. The van der Waals surface area contributed by atoms with Crippen LogP contribution in [-0.4, -0.2) is 54.1 Å². The summed E-state index contributed by atoms with van der Waals surface area (Å²) in [6, 6.07) is 8.52. The van der Waals surface area contributed by atoms with Gasteiger partial charge in [-0.1, -0.05) is 24.3 Å². The summed E-state index contributed by atoms with van der Waals surface area (Å²) < 4.78 is 5.05. The first kappa shape index (κ1) is 13.6. The lowest BCUT2D eigenvalue weighted by Crippen LogP contribution is -2.53. The van der Waals surface area contributed by atoms with E-state index in [1.807, 2.05) is 4.90 Å². The van der Waals surface area contributed by atoms with E-state index in [1.165, 1.54) is 11.1 Å². The highest BCUT2D eigenvalue weighted by atomic mass is 16.6. The van der Waals surface area contributed by atoms with Gasteiger partial charge in [-0.05, 0) is 29.9 Å². The van der Waals surface area contributed by atoms with Gasteiger partial charge < -0.3 is 9.64 Å². The van der Waals surface area contributed by atoms with Crippen molar-refractivity contribution in [2.45, 2.75) is 25.3 Å². The predicted molar refractivity (Wildman–Crippen MR) is 80.4 cm³/mol. The van der Waals surface area contributed by atoms with Crippen molar-refractivity contribution in [2.75, 3.05) is 26.2 Å². The van der Waals surface area contributed by atoms with Crippen LogP contribution in [-0.2, 0) is 22.4 Å². The predicted octanol–water partition coefficient (Wildman–Crippen LogP) is 1.45. The summed E-state index contributed by atoms with van der Waals surface area (Å²) in [5.74, 6) is 0.640. The van der Waals surface area contributed by atoms with Crippen LogP contribution in [0.4, 0.5) is 4.79 Å². The maximum atomic E-state index is 12.6. The van der Waals surface area contributed by atoms with Gasteiger partial charge in [-0.25, -0.2) is 4.79 Å². The molecule has 0 aromatic heterocycles. The summed E-state index contributed by atoms with van der Waals surface area (Å²) in [6.07, 6.45) is 2.39. The number of fused-ring (bicyclic) bond motifs is 2. The van der Waals surface area contributed by atoms with Gasteiger partial charge in [-0.2, -0.15) is 0 Å². The minimum Gasteiger partial charge on any atom is -0.447 e. The molecular weight excluding hydrogens is 280 g/mol. The lowest BCUT2D eigenvalue weighted by molar-refractivity contribution is -0.134. The molecule has 0 saturated carbocycles. The quantitative estimate of drug-likeness (QED) is 0.831. The Morgan fingerprint density at radius 3 is 2.64 bits per heavy atom. The molecule has 116 valence electrons. The van der Waals surface area contributed by atoms with Crippen LogP contribution >= 0.6 is 0 Å². The topological polar surface area (TPSA) is 49.9 Å². The van der Waals surface area contributed by atoms with E-state index >= 15 is 0 Å². The summed E-state index contributed by atoms with van der Waals surface area (Å²) >= 11 is 0. The Morgan fingerprint density at radius 2 is 1.91 bits per heavy atom. The number of carbonyl (C=O) groups excluding carboxylic acids is 2. The highest BCUT2D eigenvalue weighted by Gasteiger charge is 2.39. The summed E-state index contributed by atoms with van der Waals surface area (Å²) in [5, 5.41) is 0. The van der Waals surface area contributed by atoms with Crippen LogP contribution in [0.2, 0.25) is 0 Å². The second-order valence-corrected chi connectivity index (χ2v) is 6.51. The van der Waals surface area contributed by atoms with Gasteiger partial charge in [-0.3, -0.25) is 9.69 Å². The first-order chi connectivity index (χ1) is 10.7. The normalized spacial score (nSPS) is 24.2. The maximum absolute atomic E-state index is 12.6. The van der Waals surface area contributed by atoms with E-state index in [-0.39, 0.29) is 18.0 Å². The van der Waals surface area contributed by atoms with Crippen molar-refractivity contribution < 1.29 is 14.3 Å². The van der Waals surface area contributed by atoms with Crippen LogP contribution in [0.25, 0.3) is 0 Å². The van der Waals surface area contributed by atoms with E-state index < -0.39 is 0 Å². The minimum atomic E-state index is -0.233. The largest absolute Gasteiger partial charge is 0.447 e. The second kappa shape index (κ2) is 5.30. The summed E-state index contributed by atoms with van der Waals surface area (Å²) in [7, 11) is 0. The van der Waals surface area contributed by atoms with Crippen LogP contribution < -0.4 is 0 Å². The van der Waals surface area contributed by atoms with Crippen molar-refractivity contribution in [2.24, 2.45) is 5.92 Å². The lowest BCUT2D eigenvalue weighted by atomic mass is 10.0. The third kappa shape index (κ3) is 2.34. The smallest absolute Gasteiger partial charge is 0.410 e. The van der Waals surface area contributed by atoms with E-state index in [0.29, 0.717) is 38.6 Å². The molecule has 5 heteroatoms. The van der Waals surface area contributed by atoms with Gasteiger partial charge >= 0.3 is 6.09 Å². The molecule has 2 aliphatic heterocycles. The Kier molecular flexibility index (Phi) is 3.28. The van der Waals surface area contributed by atoms with E-state index in [9.17, 15) is 9.59 Å². The minimum absolute atomic E-state index is 0.0472. The molecular formula is C17H20N2O3. The van der Waals surface area contributed by atoms with Gasteiger partial charge in [0.25, 0.3) is 0 Å². The molecule has 4 rings (SSSR count). The number of piperazine rings is 1. The molecule has 2 fully saturated rings. The lowest BCUT2D eigenvalue weighted by Gasteiger charge is -2.35. The van der Waals surface area contributed by atoms with Gasteiger partial charge in [0.2, 0.25) is 5.91 Å². The van der Waals surface area contributed by atoms with Crippen molar-refractivity contribution in [1.29, 1.82) is 0 Å². The second-order valence-electron chi connectivity index (χ2n) is 6.51. The van der Waals surface area contributed by atoms with Crippen LogP contribution in [0.3, 0.4) is 0 Å². The molecule has 0 spiro atoms. The maximum Gasteiger partial charge on any atom is 0.410 e. The number of carbonyl (C=O) groups is 2. The first-order valence-electron chi connectivity index (χ1n) is 7.98. The molecule has 1 atom stereocenters.